The van der Waals surface area contributed by atoms with E-state index in [0.717, 1.165) is 70.6 Å². The Kier molecular flexibility index (Phi) is 53.5. The van der Waals surface area contributed by atoms with Crippen LogP contribution in [0, 0.1) is 0 Å². The van der Waals surface area contributed by atoms with Crippen molar-refractivity contribution in [3.8, 4) is 0 Å². The predicted octanol–water partition coefficient (Wildman–Crippen LogP) is 17.9. The summed E-state index contributed by atoms with van der Waals surface area (Å²) < 4.78 is 5.47. The fourth-order valence-electron chi connectivity index (χ4n) is 8.98. The third kappa shape index (κ3) is 51.6. The van der Waals surface area contributed by atoms with Gasteiger partial charge in [0, 0.05) is 12.8 Å². The first-order valence-electron chi connectivity index (χ1n) is 29.1. The van der Waals surface area contributed by atoms with Gasteiger partial charge < -0.3 is 20.3 Å². The molecular weight excluding hydrogens is 803 g/mol. The lowest BCUT2D eigenvalue weighted by atomic mass is 10.0. The third-order valence-electron chi connectivity index (χ3n) is 13.5. The molecule has 0 heterocycles. The van der Waals surface area contributed by atoms with Crippen LogP contribution < -0.4 is 5.32 Å². The molecule has 0 aliphatic rings. The van der Waals surface area contributed by atoms with E-state index in [9.17, 15) is 19.8 Å². The maximum absolute atomic E-state index is 12.5. The van der Waals surface area contributed by atoms with Gasteiger partial charge in [0.25, 0.3) is 0 Å². The minimum atomic E-state index is -0.674. The van der Waals surface area contributed by atoms with E-state index in [0.29, 0.717) is 25.9 Å². The summed E-state index contributed by atoms with van der Waals surface area (Å²) in [6.45, 7) is 4.93. The standard InChI is InChI=1S/C59H113NO5/c1-3-5-7-9-11-13-15-17-19-21-25-29-33-37-41-45-49-53-59(64)65-54-50-46-42-38-34-30-26-22-24-28-32-36-40-44-48-52-58(63)60-56(55-61)57(62)51-47-43-39-35-31-27-23-20-18-16-14-12-10-8-6-4-2/h17,19,26,30,56-57,61-62H,3-16,18,20-25,27-29,31-55H2,1-2H3,(H,60,63)/b19-17-,30-26-. The van der Waals surface area contributed by atoms with E-state index in [-0.39, 0.29) is 18.5 Å². The largest absolute Gasteiger partial charge is 0.466 e. The number of nitrogens with one attached hydrogen (secondary N) is 1. The highest BCUT2D eigenvalue weighted by atomic mass is 16.5. The Balaban J connectivity index is 3.46. The molecule has 2 atom stereocenters. The molecule has 0 aromatic rings. The molecule has 0 aliphatic carbocycles. The average Bonchev–Trinajstić information content (AvgIpc) is 3.31. The van der Waals surface area contributed by atoms with Crippen LogP contribution in [0.25, 0.3) is 0 Å². The maximum atomic E-state index is 12.5. The first-order valence-corrected chi connectivity index (χ1v) is 29.1. The van der Waals surface area contributed by atoms with Gasteiger partial charge in [0.2, 0.25) is 5.91 Å². The highest BCUT2D eigenvalue weighted by molar-refractivity contribution is 5.76. The SMILES string of the molecule is CCCCCCCC/C=C\CCCCCCCCCC(=O)OCCCCCC/C=C\CCCCCCCCCC(=O)NC(CO)C(O)CCCCCCCCCCCCCCCCCC. The van der Waals surface area contributed by atoms with E-state index in [1.807, 2.05) is 0 Å². The Bertz CT molecular complexity index is 1010. The zero-order valence-corrected chi connectivity index (χ0v) is 43.7. The fourth-order valence-corrected chi connectivity index (χ4v) is 8.98. The Hall–Kier alpha value is -1.66. The van der Waals surface area contributed by atoms with Gasteiger partial charge in [-0.05, 0) is 77.0 Å². The van der Waals surface area contributed by atoms with Crippen molar-refractivity contribution in [2.45, 2.75) is 328 Å². The van der Waals surface area contributed by atoms with Crippen LogP contribution in [0.4, 0.5) is 0 Å². The minimum absolute atomic E-state index is 0.0130. The summed E-state index contributed by atoms with van der Waals surface area (Å²) in [7, 11) is 0. The molecule has 0 aromatic carbocycles. The van der Waals surface area contributed by atoms with Gasteiger partial charge >= 0.3 is 5.97 Å². The number of aliphatic hydroxyl groups excluding tert-OH is 2. The Labute approximate surface area is 405 Å². The number of ether oxygens (including phenoxy) is 1. The second-order valence-electron chi connectivity index (χ2n) is 20.0. The van der Waals surface area contributed by atoms with Crippen LogP contribution in [-0.2, 0) is 14.3 Å². The lowest BCUT2D eigenvalue weighted by Gasteiger charge is -2.22. The van der Waals surface area contributed by atoms with Crippen molar-refractivity contribution in [2.24, 2.45) is 0 Å². The van der Waals surface area contributed by atoms with Crippen molar-refractivity contribution in [3.05, 3.63) is 24.3 Å². The number of allylic oxidation sites excluding steroid dienone is 4. The topological polar surface area (TPSA) is 95.9 Å². The molecule has 0 bridgehead atoms. The van der Waals surface area contributed by atoms with Gasteiger partial charge in [0.15, 0.2) is 0 Å². The quantitative estimate of drug-likeness (QED) is 0.0321. The van der Waals surface area contributed by atoms with E-state index in [1.54, 1.807) is 0 Å². The van der Waals surface area contributed by atoms with Gasteiger partial charge in [-0.25, -0.2) is 0 Å². The molecule has 0 saturated carbocycles. The molecule has 0 fully saturated rings. The summed E-state index contributed by atoms with van der Waals surface area (Å²) in [5.74, 6) is -0.0617. The van der Waals surface area contributed by atoms with Crippen molar-refractivity contribution in [1.82, 2.24) is 5.32 Å². The number of unbranched alkanes of at least 4 members (excludes halogenated alkanes) is 39. The van der Waals surface area contributed by atoms with Crippen LogP contribution in [0.2, 0.25) is 0 Å². The maximum Gasteiger partial charge on any atom is 0.305 e. The highest BCUT2D eigenvalue weighted by Crippen LogP contribution is 2.17. The molecule has 0 aliphatic heterocycles. The molecular formula is C59H113NO5. The van der Waals surface area contributed by atoms with Crippen LogP contribution in [0.5, 0.6) is 0 Å². The van der Waals surface area contributed by atoms with Crippen molar-refractivity contribution >= 4 is 11.9 Å². The van der Waals surface area contributed by atoms with Gasteiger partial charge in [0.1, 0.15) is 0 Å². The summed E-state index contributed by atoms with van der Waals surface area (Å²) >= 11 is 0. The Morgan fingerprint density at radius 1 is 0.415 bits per heavy atom. The number of carbonyl (C=O) groups is 2. The van der Waals surface area contributed by atoms with Gasteiger partial charge in [-0.3, -0.25) is 9.59 Å². The lowest BCUT2D eigenvalue weighted by molar-refractivity contribution is -0.143. The van der Waals surface area contributed by atoms with Crippen molar-refractivity contribution in [1.29, 1.82) is 0 Å². The van der Waals surface area contributed by atoms with Crippen molar-refractivity contribution in [3.63, 3.8) is 0 Å². The van der Waals surface area contributed by atoms with E-state index in [1.165, 1.54) is 212 Å². The number of hydrogen-bond donors (Lipinski definition) is 3. The molecule has 0 rings (SSSR count). The van der Waals surface area contributed by atoms with Gasteiger partial charge in [-0.2, -0.15) is 0 Å². The van der Waals surface area contributed by atoms with Gasteiger partial charge in [-0.15, -0.1) is 0 Å². The first-order chi connectivity index (χ1) is 32.0. The van der Waals surface area contributed by atoms with Crippen LogP contribution in [-0.4, -0.2) is 47.4 Å². The zero-order chi connectivity index (χ0) is 47.2. The number of aliphatic hydroxyl groups is 2. The Morgan fingerprint density at radius 2 is 0.723 bits per heavy atom. The number of hydrogen-bond acceptors (Lipinski definition) is 5. The molecule has 2 unspecified atom stereocenters. The summed E-state index contributed by atoms with van der Waals surface area (Å²) in [5.41, 5.74) is 0. The second kappa shape index (κ2) is 54.9. The van der Waals surface area contributed by atoms with Crippen LogP contribution in [0.1, 0.15) is 316 Å². The minimum Gasteiger partial charge on any atom is -0.466 e. The Morgan fingerprint density at radius 3 is 1.09 bits per heavy atom. The van der Waals surface area contributed by atoms with Crippen molar-refractivity contribution in [2.75, 3.05) is 13.2 Å². The molecule has 0 saturated heterocycles. The third-order valence-corrected chi connectivity index (χ3v) is 13.5. The molecule has 6 nitrogen and oxygen atoms in total. The predicted molar refractivity (Wildman–Crippen MR) is 283 cm³/mol. The smallest absolute Gasteiger partial charge is 0.305 e. The average molecular weight is 917 g/mol. The molecule has 6 heteroatoms. The van der Waals surface area contributed by atoms with Crippen molar-refractivity contribution < 1.29 is 24.5 Å². The lowest BCUT2D eigenvalue weighted by Crippen LogP contribution is -2.45. The second-order valence-corrected chi connectivity index (χ2v) is 20.0. The normalized spacial score (nSPS) is 12.7. The summed E-state index contributed by atoms with van der Waals surface area (Å²) in [5, 5.41) is 23.3. The van der Waals surface area contributed by atoms with Gasteiger partial charge in [-0.1, -0.05) is 250 Å². The molecule has 1 amide bonds. The zero-order valence-electron chi connectivity index (χ0n) is 43.7. The van der Waals surface area contributed by atoms with E-state index in [4.69, 9.17) is 4.74 Å². The molecule has 0 aromatic heterocycles. The first kappa shape index (κ1) is 63.3. The van der Waals surface area contributed by atoms with E-state index < -0.39 is 12.1 Å². The summed E-state index contributed by atoms with van der Waals surface area (Å²) in [6, 6.07) is -0.553. The summed E-state index contributed by atoms with van der Waals surface area (Å²) in [6.07, 6.45) is 65.9. The molecule has 0 radical (unpaired) electrons. The fraction of sp³-hybridized carbons (Fsp3) is 0.898. The summed E-state index contributed by atoms with van der Waals surface area (Å²) in [4.78, 5) is 24.5. The highest BCUT2D eigenvalue weighted by Gasteiger charge is 2.20. The number of carbonyl (C=O) groups excluding carboxylic acids is 2. The molecule has 65 heavy (non-hydrogen) atoms. The molecule has 384 valence electrons. The van der Waals surface area contributed by atoms with Crippen LogP contribution >= 0.6 is 0 Å². The van der Waals surface area contributed by atoms with Gasteiger partial charge in [0.05, 0.1) is 25.4 Å². The van der Waals surface area contributed by atoms with E-state index >= 15 is 0 Å². The monoisotopic (exact) mass is 916 g/mol. The number of esters is 1. The number of amides is 1. The van der Waals surface area contributed by atoms with Crippen LogP contribution in [0.3, 0.4) is 0 Å². The molecule has 0 spiro atoms. The van der Waals surface area contributed by atoms with E-state index in [2.05, 4.69) is 43.5 Å². The van der Waals surface area contributed by atoms with Crippen LogP contribution in [0.15, 0.2) is 24.3 Å². The molecule has 3 N–H and O–H groups in total. The number of rotatable bonds is 54.